The molecule has 0 radical (unpaired) electrons. The zero-order chi connectivity index (χ0) is 12.5. The summed E-state index contributed by atoms with van der Waals surface area (Å²) in [4.78, 5) is 0. The summed E-state index contributed by atoms with van der Waals surface area (Å²) in [6, 6.07) is 5.92. The van der Waals surface area contributed by atoms with Crippen LogP contribution in [0.3, 0.4) is 0 Å². The van der Waals surface area contributed by atoms with Gasteiger partial charge in [-0.05, 0) is 44.1 Å². The standard InChI is InChI=1S/C13H22N2O2.2ClH/c1-11-4-5-12(13(10-11)16-2)17-9-8-15-7-3-6-14;;/h4-5,10,15H,3,6-9,14H2,1-2H3;2*1H. The van der Waals surface area contributed by atoms with Gasteiger partial charge in [-0.1, -0.05) is 6.07 Å². The van der Waals surface area contributed by atoms with Gasteiger partial charge >= 0.3 is 0 Å². The summed E-state index contributed by atoms with van der Waals surface area (Å²) in [5, 5.41) is 3.26. The Morgan fingerprint density at radius 1 is 1.16 bits per heavy atom. The van der Waals surface area contributed by atoms with Crippen molar-refractivity contribution in [2.24, 2.45) is 5.73 Å². The predicted octanol–water partition coefficient (Wildman–Crippen LogP) is 2.16. The van der Waals surface area contributed by atoms with Gasteiger partial charge in [0.25, 0.3) is 0 Å². The lowest BCUT2D eigenvalue weighted by atomic mass is 10.2. The van der Waals surface area contributed by atoms with E-state index in [2.05, 4.69) is 5.32 Å². The number of methoxy groups -OCH3 is 1. The summed E-state index contributed by atoms with van der Waals surface area (Å²) in [6.45, 7) is 5.13. The first-order valence-electron chi connectivity index (χ1n) is 5.96. The Balaban J connectivity index is 0. The highest BCUT2D eigenvalue weighted by Gasteiger charge is 2.03. The Kier molecular flexibility index (Phi) is 13.4. The van der Waals surface area contributed by atoms with Crippen LogP contribution in [-0.2, 0) is 0 Å². The van der Waals surface area contributed by atoms with Crippen molar-refractivity contribution in [1.82, 2.24) is 5.32 Å². The van der Waals surface area contributed by atoms with Gasteiger partial charge in [-0.25, -0.2) is 0 Å². The maximum atomic E-state index is 5.64. The summed E-state index contributed by atoms with van der Waals surface area (Å²) in [6.07, 6.45) is 0.994. The van der Waals surface area contributed by atoms with E-state index in [1.807, 2.05) is 25.1 Å². The Hall–Kier alpha value is -0.680. The number of rotatable bonds is 8. The van der Waals surface area contributed by atoms with E-state index in [0.717, 1.165) is 43.1 Å². The third kappa shape index (κ3) is 8.16. The second-order valence-electron chi connectivity index (χ2n) is 3.90. The van der Waals surface area contributed by atoms with Gasteiger partial charge in [-0.15, -0.1) is 24.8 Å². The van der Waals surface area contributed by atoms with Crippen LogP contribution in [0.15, 0.2) is 18.2 Å². The SMILES string of the molecule is COc1cc(C)ccc1OCCNCCCN.Cl.Cl. The monoisotopic (exact) mass is 310 g/mol. The minimum atomic E-state index is 0. The molecule has 0 spiro atoms. The van der Waals surface area contributed by atoms with Crippen LogP contribution >= 0.6 is 24.8 Å². The minimum absolute atomic E-state index is 0. The van der Waals surface area contributed by atoms with Crippen molar-refractivity contribution in [2.75, 3.05) is 33.4 Å². The average Bonchev–Trinajstić information content (AvgIpc) is 2.35. The van der Waals surface area contributed by atoms with Gasteiger partial charge < -0.3 is 20.5 Å². The zero-order valence-corrected chi connectivity index (χ0v) is 13.1. The van der Waals surface area contributed by atoms with Crippen LogP contribution in [0, 0.1) is 6.92 Å². The molecule has 0 aliphatic heterocycles. The molecular weight excluding hydrogens is 287 g/mol. The second kappa shape index (κ2) is 12.4. The normalized spacial score (nSPS) is 9.21. The van der Waals surface area contributed by atoms with Crippen LogP contribution in [0.1, 0.15) is 12.0 Å². The lowest BCUT2D eigenvalue weighted by molar-refractivity contribution is 0.292. The van der Waals surface area contributed by atoms with Crippen molar-refractivity contribution in [2.45, 2.75) is 13.3 Å². The first-order chi connectivity index (χ1) is 8.27. The third-order valence-electron chi connectivity index (χ3n) is 2.41. The molecule has 0 heterocycles. The minimum Gasteiger partial charge on any atom is -0.493 e. The summed E-state index contributed by atoms with van der Waals surface area (Å²) >= 11 is 0. The van der Waals surface area contributed by atoms with Crippen molar-refractivity contribution < 1.29 is 9.47 Å². The molecule has 0 fully saturated rings. The quantitative estimate of drug-likeness (QED) is 0.723. The van der Waals surface area contributed by atoms with E-state index in [-0.39, 0.29) is 24.8 Å². The number of nitrogens with two attached hydrogens (primary N) is 1. The molecule has 0 aromatic heterocycles. The molecule has 0 atom stereocenters. The van der Waals surface area contributed by atoms with Crippen molar-refractivity contribution in [1.29, 1.82) is 0 Å². The van der Waals surface area contributed by atoms with Crippen molar-refractivity contribution in [3.8, 4) is 11.5 Å². The van der Waals surface area contributed by atoms with Crippen LogP contribution in [0.4, 0.5) is 0 Å². The number of hydrogen-bond acceptors (Lipinski definition) is 4. The molecule has 1 rings (SSSR count). The van der Waals surface area contributed by atoms with Gasteiger partial charge in [0.15, 0.2) is 11.5 Å². The van der Waals surface area contributed by atoms with Crippen LogP contribution < -0.4 is 20.5 Å². The van der Waals surface area contributed by atoms with E-state index >= 15 is 0 Å². The molecule has 0 saturated carbocycles. The van der Waals surface area contributed by atoms with E-state index in [1.165, 1.54) is 0 Å². The molecule has 1 aromatic carbocycles. The molecule has 0 unspecified atom stereocenters. The lowest BCUT2D eigenvalue weighted by Crippen LogP contribution is -2.23. The first-order valence-corrected chi connectivity index (χ1v) is 5.96. The molecular formula is C13H24Cl2N2O2. The molecule has 0 aliphatic carbocycles. The number of nitrogens with one attached hydrogen (secondary N) is 1. The molecule has 0 amide bonds. The Bertz CT molecular complexity index is 338. The molecule has 6 heteroatoms. The van der Waals surface area contributed by atoms with E-state index in [0.29, 0.717) is 6.61 Å². The zero-order valence-electron chi connectivity index (χ0n) is 11.5. The second-order valence-corrected chi connectivity index (χ2v) is 3.90. The predicted molar refractivity (Wildman–Crippen MR) is 84.3 cm³/mol. The number of ether oxygens (including phenoxy) is 2. The fourth-order valence-electron chi connectivity index (χ4n) is 1.48. The van der Waals surface area contributed by atoms with Crippen LogP contribution in [-0.4, -0.2) is 33.4 Å². The molecule has 0 aliphatic rings. The topological polar surface area (TPSA) is 56.5 Å². The smallest absolute Gasteiger partial charge is 0.161 e. The highest BCUT2D eigenvalue weighted by atomic mass is 35.5. The van der Waals surface area contributed by atoms with Crippen LogP contribution in [0.5, 0.6) is 11.5 Å². The highest BCUT2D eigenvalue weighted by Crippen LogP contribution is 2.27. The number of benzene rings is 1. The molecule has 1 aromatic rings. The van der Waals surface area contributed by atoms with E-state index in [4.69, 9.17) is 15.2 Å². The maximum Gasteiger partial charge on any atom is 0.161 e. The highest BCUT2D eigenvalue weighted by molar-refractivity contribution is 5.85. The van der Waals surface area contributed by atoms with Gasteiger partial charge in [0, 0.05) is 6.54 Å². The van der Waals surface area contributed by atoms with Crippen LogP contribution in [0.25, 0.3) is 0 Å². The fourth-order valence-corrected chi connectivity index (χ4v) is 1.48. The lowest BCUT2D eigenvalue weighted by Gasteiger charge is -2.11. The Labute approximate surface area is 127 Å². The fraction of sp³-hybridized carbons (Fsp3) is 0.538. The van der Waals surface area contributed by atoms with Gasteiger partial charge in [0.05, 0.1) is 7.11 Å². The summed E-state index contributed by atoms with van der Waals surface area (Å²) in [7, 11) is 1.65. The molecule has 0 saturated heterocycles. The average molecular weight is 311 g/mol. The number of hydrogen-bond donors (Lipinski definition) is 2. The molecule has 3 N–H and O–H groups in total. The van der Waals surface area contributed by atoms with Gasteiger partial charge in [-0.3, -0.25) is 0 Å². The molecule has 0 bridgehead atoms. The maximum absolute atomic E-state index is 5.64. The summed E-state index contributed by atoms with van der Waals surface area (Å²) < 4.78 is 10.9. The van der Waals surface area contributed by atoms with Gasteiger partial charge in [0.2, 0.25) is 0 Å². The number of halogens is 2. The van der Waals surface area contributed by atoms with Gasteiger partial charge in [0.1, 0.15) is 6.61 Å². The van der Waals surface area contributed by atoms with Crippen LogP contribution in [0.2, 0.25) is 0 Å². The van der Waals surface area contributed by atoms with E-state index in [9.17, 15) is 0 Å². The summed E-state index contributed by atoms with van der Waals surface area (Å²) in [5.74, 6) is 1.57. The number of aryl methyl sites for hydroxylation is 1. The van der Waals surface area contributed by atoms with Crippen molar-refractivity contribution >= 4 is 24.8 Å². The first kappa shape index (κ1) is 20.6. The summed E-state index contributed by atoms with van der Waals surface area (Å²) in [5.41, 5.74) is 6.56. The molecule has 4 nitrogen and oxygen atoms in total. The third-order valence-corrected chi connectivity index (χ3v) is 2.41. The Morgan fingerprint density at radius 3 is 2.53 bits per heavy atom. The largest absolute Gasteiger partial charge is 0.493 e. The Morgan fingerprint density at radius 2 is 1.89 bits per heavy atom. The van der Waals surface area contributed by atoms with Crippen molar-refractivity contribution in [3.63, 3.8) is 0 Å². The van der Waals surface area contributed by atoms with Crippen molar-refractivity contribution in [3.05, 3.63) is 23.8 Å². The van der Waals surface area contributed by atoms with Gasteiger partial charge in [-0.2, -0.15) is 0 Å². The van der Waals surface area contributed by atoms with E-state index in [1.54, 1.807) is 7.11 Å². The van der Waals surface area contributed by atoms with E-state index < -0.39 is 0 Å². The molecule has 19 heavy (non-hydrogen) atoms. The molecule has 112 valence electrons.